The highest BCUT2D eigenvalue weighted by molar-refractivity contribution is 7.88. The van der Waals surface area contributed by atoms with Crippen molar-refractivity contribution in [3.63, 3.8) is 0 Å². The molecule has 1 aromatic rings. The van der Waals surface area contributed by atoms with Crippen LogP contribution in [0, 0.1) is 12.8 Å². The molecule has 0 aromatic carbocycles. The van der Waals surface area contributed by atoms with Crippen molar-refractivity contribution in [3.8, 4) is 0 Å². The molecule has 2 fully saturated rings. The zero-order chi connectivity index (χ0) is 17.3. The van der Waals surface area contributed by atoms with Gasteiger partial charge in [0.2, 0.25) is 15.9 Å². The summed E-state index contributed by atoms with van der Waals surface area (Å²) >= 11 is 0. The summed E-state index contributed by atoms with van der Waals surface area (Å²) in [6, 6.07) is 5.77. The van der Waals surface area contributed by atoms with Gasteiger partial charge < -0.3 is 9.64 Å². The molecule has 2 aliphatic rings. The van der Waals surface area contributed by atoms with Crippen molar-refractivity contribution in [1.29, 1.82) is 0 Å². The Morgan fingerprint density at radius 1 is 1.33 bits per heavy atom. The minimum absolute atomic E-state index is 0.0361. The lowest BCUT2D eigenvalue weighted by Gasteiger charge is -2.35. The van der Waals surface area contributed by atoms with Gasteiger partial charge in [-0.25, -0.2) is 8.42 Å². The van der Waals surface area contributed by atoms with Crippen LogP contribution in [0.1, 0.15) is 17.8 Å². The number of hydrogen-bond donors (Lipinski definition) is 0. The maximum atomic E-state index is 12.9. The summed E-state index contributed by atoms with van der Waals surface area (Å²) in [5.41, 5.74) is 1.78. The summed E-state index contributed by atoms with van der Waals surface area (Å²) in [6.07, 6.45) is 1.33. The molecule has 3 heterocycles. The summed E-state index contributed by atoms with van der Waals surface area (Å²) in [6.45, 7) is 3.92. The van der Waals surface area contributed by atoms with Crippen LogP contribution in [0.4, 0.5) is 0 Å². The number of hydrogen-bond acceptors (Lipinski definition) is 5. The average molecular weight is 353 g/mol. The largest absolute Gasteiger partial charge is 0.374 e. The first-order valence-electron chi connectivity index (χ1n) is 8.12. The van der Waals surface area contributed by atoms with E-state index in [0.717, 1.165) is 11.4 Å². The van der Waals surface area contributed by atoms with Gasteiger partial charge in [0, 0.05) is 25.3 Å². The van der Waals surface area contributed by atoms with Gasteiger partial charge >= 0.3 is 0 Å². The van der Waals surface area contributed by atoms with Crippen LogP contribution in [-0.4, -0.2) is 67.1 Å². The molecule has 0 bridgehead atoms. The molecule has 7 nitrogen and oxygen atoms in total. The Labute approximate surface area is 142 Å². The number of carbonyl (C=O) groups is 1. The van der Waals surface area contributed by atoms with Gasteiger partial charge in [0.25, 0.3) is 0 Å². The number of aryl methyl sites for hydroxylation is 1. The third-order valence-corrected chi connectivity index (χ3v) is 5.88. The first-order chi connectivity index (χ1) is 11.3. The predicted molar refractivity (Wildman–Crippen MR) is 88.7 cm³/mol. The number of carbonyl (C=O) groups excluding carboxylic acids is 1. The molecule has 2 atom stereocenters. The Balaban J connectivity index is 1.72. The van der Waals surface area contributed by atoms with Gasteiger partial charge in [0.05, 0.1) is 37.1 Å². The van der Waals surface area contributed by atoms with Gasteiger partial charge in [-0.1, -0.05) is 6.07 Å². The fourth-order valence-electron chi connectivity index (χ4n) is 3.34. The Kier molecular flexibility index (Phi) is 4.89. The summed E-state index contributed by atoms with van der Waals surface area (Å²) in [5, 5.41) is 0. The number of ether oxygens (including phenoxy) is 1. The van der Waals surface area contributed by atoms with Crippen LogP contribution in [0.15, 0.2) is 18.2 Å². The molecule has 8 heteroatoms. The van der Waals surface area contributed by atoms with Crippen molar-refractivity contribution in [3.05, 3.63) is 29.6 Å². The second kappa shape index (κ2) is 6.78. The average Bonchev–Trinajstić information content (AvgIpc) is 2.66. The van der Waals surface area contributed by atoms with Crippen LogP contribution in [0.5, 0.6) is 0 Å². The van der Waals surface area contributed by atoms with Crippen LogP contribution < -0.4 is 0 Å². The lowest BCUT2D eigenvalue weighted by atomic mass is 9.93. The molecule has 2 aliphatic heterocycles. The molecule has 0 unspecified atom stereocenters. The van der Waals surface area contributed by atoms with Gasteiger partial charge in [0.15, 0.2) is 0 Å². The number of rotatable bonds is 3. The maximum Gasteiger partial charge on any atom is 0.228 e. The van der Waals surface area contributed by atoms with E-state index in [0.29, 0.717) is 32.7 Å². The maximum absolute atomic E-state index is 12.9. The van der Waals surface area contributed by atoms with Gasteiger partial charge in [0.1, 0.15) is 0 Å². The second-order valence-corrected chi connectivity index (χ2v) is 8.44. The molecule has 0 aliphatic carbocycles. The summed E-state index contributed by atoms with van der Waals surface area (Å²) < 4.78 is 30.7. The van der Waals surface area contributed by atoms with E-state index in [-0.39, 0.29) is 24.5 Å². The van der Waals surface area contributed by atoms with E-state index in [9.17, 15) is 13.2 Å². The predicted octanol–water partition coefficient (Wildman–Crippen LogP) is 0.399. The first-order valence-corrected chi connectivity index (χ1v) is 9.97. The lowest BCUT2D eigenvalue weighted by Crippen LogP contribution is -2.50. The van der Waals surface area contributed by atoms with E-state index in [1.165, 1.54) is 10.6 Å². The van der Waals surface area contributed by atoms with Crippen molar-refractivity contribution in [2.45, 2.75) is 26.0 Å². The molecule has 0 radical (unpaired) electrons. The minimum Gasteiger partial charge on any atom is -0.374 e. The van der Waals surface area contributed by atoms with Crippen LogP contribution in [0.25, 0.3) is 0 Å². The highest BCUT2D eigenvalue weighted by Crippen LogP contribution is 2.27. The van der Waals surface area contributed by atoms with E-state index in [1.807, 2.05) is 25.1 Å². The fourth-order valence-corrected chi connectivity index (χ4v) is 4.19. The molecule has 1 amide bonds. The second-order valence-electron chi connectivity index (χ2n) is 6.46. The van der Waals surface area contributed by atoms with Crippen molar-refractivity contribution in [2.24, 2.45) is 5.92 Å². The van der Waals surface area contributed by atoms with Crippen LogP contribution >= 0.6 is 0 Å². The van der Waals surface area contributed by atoms with Crippen molar-refractivity contribution >= 4 is 15.9 Å². The minimum atomic E-state index is -3.25. The number of piperidine rings is 1. The normalized spacial score (nSPS) is 26.1. The van der Waals surface area contributed by atoms with E-state index in [1.54, 1.807) is 4.90 Å². The molecule has 24 heavy (non-hydrogen) atoms. The molecule has 3 rings (SSSR count). The summed E-state index contributed by atoms with van der Waals surface area (Å²) in [4.78, 5) is 19.1. The summed E-state index contributed by atoms with van der Waals surface area (Å²) in [7, 11) is -3.25. The molecular weight excluding hydrogens is 330 g/mol. The fraction of sp³-hybridized carbons (Fsp3) is 0.625. The number of nitrogens with zero attached hydrogens (tertiary/aromatic N) is 3. The van der Waals surface area contributed by atoms with Gasteiger partial charge in [-0.3, -0.25) is 9.78 Å². The smallest absolute Gasteiger partial charge is 0.228 e. The SMILES string of the molecule is Cc1cccc(CN2CCO[C@@H]3CN(S(C)(=O)=O)CC[C@@H]3C2=O)n1. The standard InChI is InChI=1S/C16H23N3O4S/c1-12-4-3-5-13(17-12)10-18-8-9-23-15-11-19(24(2,21)22)7-6-14(15)16(18)20/h3-5,14-15H,6-11H2,1-2H3/t14-,15+/m0/s1. The van der Waals surface area contributed by atoms with E-state index < -0.39 is 10.0 Å². The summed E-state index contributed by atoms with van der Waals surface area (Å²) in [5.74, 6) is -0.246. The number of aromatic nitrogens is 1. The van der Waals surface area contributed by atoms with Crippen molar-refractivity contribution < 1.29 is 17.9 Å². The zero-order valence-electron chi connectivity index (χ0n) is 14.0. The van der Waals surface area contributed by atoms with Gasteiger partial charge in [-0.15, -0.1) is 0 Å². The van der Waals surface area contributed by atoms with E-state index in [4.69, 9.17) is 4.74 Å². The Bertz CT molecular complexity index is 722. The topological polar surface area (TPSA) is 79.8 Å². The van der Waals surface area contributed by atoms with E-state index >= 15 is 0 Å². The van der Waals surface area contributed by atoms with Gasteiger partial charge in [-0.05, 0) is 25.5 Å². The Morgan fingerprint density at radius 3 is 2.83 bits per heavy atom. The Hall–Kier alpha value is -1.51. The Morgan fingerprint density at radius 2 is 2.12 bits per heavy atom. The molecule has 2 saturated heterocycles. The quantitative estimate of drug-likeness (QED) is 0.786. The van der Waals surface area contributed by atoms with Crippen molar-refractivity contribution in [1.82, 2.24) is 14.2 Å². The van der Waals surface area contributed by atoms with Gasteiger partial charge in [-0.2, -0.15) is 4.31 Å². The number of amides is 1. The first kappa shape index (κ1) is 17.3. The lowest BCUT2D eigenvalue weighted by molar-refractivity contribution is -0.138. The molecular formula is C16H23N3O4S. The third kappa shape index (κ3) is 3.76. The number of pyridine rings is 1. The molecule has 1 aromatic heterocycles. The highest BCUT2D eigenvalue weighted by atomic mass is 32.2. The monoisotopic (exact) mass is 353 g/mol. The molecule has 0 spiro atoms. The highest BCUT2D eigenvalue weighted by Gasteiger charge is 2.41. The van der Waals surface area contributed by atoms with Crippen LogP contribution in [0.2, 0.25) is 0 Å². The zero-order valence-corrected chi connectivity index (χ0v) is 14.8. The van der Waals surface area contributed by atoms with Crippen LogP contribution in [-0.2, 0) is 26.1 Å². The van der Waals surface area contributed by atoms with Crippen molar-refractivity contribution in [2.75, 3.05) is 32.5 Å². The number of sulfonamides is 1. The molecule has 0 saturated carbocycles. The third-order valence-electron chi connectivity index (χ3n) is 4.61. The molecule has 132 valence electrons. The van der Waals surface area contributed by atoms with Crippen LogP contribution in [0.3, 0.4) is 0 Å². The molecule has 0 N–H and O–H groups in total. The van der Waals surface area contributed by atoms with E-state index in [2.05, 4.69) is 4.98 Å². The number of fused-ring (bicyclic) bond motifs is 1.